The number of ether oxygens (including phenoxy) is 1. The Hall–Kier alpha value is -3.94. The molecule has 1 aliphatic rings. The molecule has 0 saturated heterocycles. The molecule has 0 fully saturated rings. The van der Waals surface area contributed by atoms with Gasteiger partial charge in [-0.1, -0.05) is 0 Å². The Morgan fingerprint density at radius 3 is 2.53 bits per heavy atom. The van der Waals surface area contributed by atoms with Crippen molar-refractivity contribution < 1.29 is 31.5 Å². The lowest BCUT2D eigenvalue weighted by Gasteiger charge is -2.28. The van der Waals surface area contributed by atoms with E-state index in [4.69, 9.17) is 10.00 Å². The van der Waals surface area contributed by atoms with Crippen molar-refractivity contribution in [3.8, 4) is 17.5 Å². The number of halogens is 5. The van der Waals surface area contributed by atoms with Crippen molar-refractivity contribution in [1.82, 2.24) is 14.7 Å². The molecule has 1 aromatic heterocycles. The smallest absolute Gasteiger partial charge is 0.425 e. The summed E-state index contributed by atoms with van der Waals surface area (Å²) in [5.41, 5.74) is 0.702. The van der Waals surface area contributed by atoms with Gasteiger partial charge in [-0.3, -0.25) is 4.79 Å². The van der Waals surface area contributed by atoms with Crippen molar-refractivity contribution in [2.45, 2.75) is 32.2 Å². The van der Waals surface area contributed by atoms with Crippen LogP contribution in [0.3, 0.4) is 0 Å². The number of rotatable bonds is 4. The average Bonchev–Trinajstić information content (AvgIpc) is 3.22. The van der Waals surface area contributed by atoms with Crippen LogP contribution in [-0.2, 0) is 13.0 Å². The van der Waals surface area contributed by atoms with Gasteiger partial charge < -0.3 is 9.64 Å². The molecule has 3 aromatic rings. The monoisotopic (exact) mass is 476 g/mol. The van der Waals surface area contributed by atoms with Crippen LogP contribution in [0.5, 0.6) is 5.75 Å². The Bertz CT molecular complexity index is 1280. The minimum atomic E-state index is -4.74. The molecule has 0 N–H and O–H groups in total. The van der Waals surface area contributed by atoms with Crippen LogP contribution in [0.2, 0.25) is 0 Å². The summed E-state index contributed by atoms with van der Waals surface area (Å²) in [6, 6.07) is 9.15. The van der Waals surface area contributed by atoms with Crippen LogP contribution < -0.4 is 4.74 Å². The molecule has 1 aliphatic heterocycles. The maximum absolute atomic E-state index is 15.0. The summed E-state index contributed by atoms with van der Waals surface area (Å²) >= 11 is 0. The lowest BCUT2D eigenvalue weighted by Crippen LogP contribution is -2.37. The second-order valence-electron chi connectivity index (χ2n) is 7.71. The molecule has 2 heterocycles. The van der Waals surface area contributed by atoms with Crippen molar-refractivity contribution in [3.05, 3.63) is 76.6 Å². The molecule has 1 atom stereocenters. The quantitative estimate of drug-likeness (QED) is 0.518. The first-order chi connectivity index (χ1) is 16.1. The topological polar surface area (TPSA) is 71.2 Å². The van der Waals surface area contributed by atoms with Crippen LogP contribution >= 0.6 is 0 Å². The Morgan fingerprint density at radius 2 is 1.88 bits per heavy atom. The average molecular weight is 476 g/mol. The Kier molecular flexibility index (Phi) is 6.00. The summed E-state index contributed by atoms with van der Waals surface area (Å²) in [5, 5.41) is 13.6. The largest absolute Gasteiger partial charge is 0.480 e. The van der Waals surface area contributed by atoms with E-state index in [0.29, 0.717) is 23.4 Å². The van der Waals surface area contributed by atoms with Crippen LogP contribution in [0, 0.1) is 23.0 Å². The fraction of sp³-hybridized carbons (Fsp3) is 0.261. The molecule has 11 heteroatoms. The number of benzene rings is 2. The van der Waals surface area contributed by atoms with Crippen LogP contribution in [-0.4, -0.2) is 39.4 Å². The van der Waals surface area contributed by atoms with E-state index in [1.165, 1.54) is 33.8 Å². The Morgan fingerprint density at radius 1 is 1.18 bits per heavy atom. The van der Waals surface area contributed by atoms with Gasteiger partial charge in [0.25, 0.3) is 5.91 Å². The highest BCUT2D eigenvalue weighted by Crippen LogP contribution is 2.32. The molecule has 0 radical (unpaired) electrons. The van der Waals surface area contributed by atoms with Crippen molar-refractivity contribution >= 4 is 5.91 Å². The third-order valence-electron chi connectivity index (χ3n) is 5.44. The standard InChI is InChI=1S/C23H17F5N4O2/c1-13(23(26,27)28)34-19-7-2-14(10-29)21(25)20(19)22(33)31-9-8-18-15(11-31)12-32(30-18)17-5-3-16(24)4-6-17/h2-7,12-13H,8-9,11H2,1H3. The number of amides is 1. The van der Waals surface area contributed by atoms with E-state index in [-0.39, 0.29) is 13.1 Å². The van der Waals surface area contributed by atoms with Crippen LogP contribution in [0.4, 0.5) is 22.0 Å². The zero-order chi connectivity index (χ0) is 24.6. The summed E-state index contributed by atoms with van der Waals surface area (Å²) in [6.45, 7) is 0.873. The molecular formula is C23H17F5N4O2. The van der Waals surface area contributed by atoms with E-state index < -0.39 is 46.7 Å². The van der Waals surface area contributed by atoms with Gasteiger partial charge >= 0.3 is 6.18 Å². The highest BCUT2D eigenvalue weighted by atomic mass is 19.4. The lowest BCUT2D eigenvalue weighted by molar-refractivity contribution is -0.189. The lowest BCUT2D eigenvalue weighted by atomic mass is 10.0. The number of hydrogen-bond acceptors (Lipinski definition) is 4. The molecule has 0 spiro atoms. The van der Waals surface area contributed by atoms with Gasteiger partial charge in [-0.05, 0) is 43.3 Å². The van der Waals surface area contributed by atoms with Crippen LogP contribution in [0.15, 0.2) is 42.6 Å². The molecule has 0 aliphatic carbocycles. The molecule has 6 nitrogen and oxygen atoms in total. The minimum Gasteiger partial charge on any atom is -0.480 e. The second kappa shape index (κ2) is 8.78. The van der Waals surface area contributed by atoms with Crippen molar-refractivity contribution in [3.63, 3.8) is 0 Å². The molecule has 1 amide bonds. The van der Waals surface area contributed by atoms with E-state index in [1.807, 2.05) is 0 Å². The Labute approximate surface area is 190 Å². The van der Waals surface area contributed by atoms with Gasteiger partial charge in [-0.15, -0.1) is 0 Å². The minimum absolute atomic E-state index is 0.0137. The molecule has 1 unspecified atom stereocenters. The third-order valence-corrected chi connectivity index (χ3v) is 5.44. The van der Waals surface area contributed by atoms with Crippen LogP contribution in [0.1, 0.15) is 34.1 Å². The molecule has 0 saturated carbocycles. The van der Waals surface area contributed by atoms with Gasteiger partial charge in [-0.2, -0.15) is 23.5 Å². The van der Waals surface area contributed by atoms with Gasteiger partial charge in [0.1, 0.15) is 23.2 Å². The first-order valence-corrected chi connectivity index (χ1v) is 10.2. The number of carbonyl (C=O) groups excluding carboxylic acids is 1. The highest BCUT2D eigenvalue weighted by molar-refractivity contribution is 5.97. The summed E-state index contributed by atoms with van der Waals surface area (Å²) in [5.74, 6) is -3.15. The predicted octanol–water partition coefficient (Wildman–Crippen LogP) is 4.55. The number of nitrogens with zero attached hydrogens (tertiary/aromatic N) is 4. The number of alkyl halides is 3. The molecule has 34 heavy (non-hydrogen) atoms. The van der Waals surface area contributed by atoms with Gasteiger partial charge in [-0.25, -0.2) is 13.5 Å². The maximum atomic E-state index is 15.0. The normalized spacial score (nSPS) is 14.3. The third kappa shape index (κ3) is 4.44. The first-order valence-electron chi connectivity index (χ1n) is 10.2. The molecule has 176 valence electrons. The number of nitriles is 1. The molecular weight excluding hydrogens is 459 g/mol. The van der Waals surface area contributed by atoms with Gasteiger partial charge in [0, 0.05) is 31.3 Å². The van der Waals surface area contributed by atoms with Gasteiger partial charge in [0.2, 0.25) is 0 Å². The molecule has 2 aromatic carbocycles. The zero-order valence-electron chi connectivity index (χ0n) is 17.7. The number of fused-ring (bicyclic) bond motifs is 1. The van der Waals surface area contributed by atoms with E-state index >= 15 is 0 Å². The van der Waals surface area contributed by atoms with E-state index in [2.05, 4.69) is 5.10 Å². The van der Waals surface area contributed by atoms with E-state index in [9.17, 15) is 26.7 Å². The zero-order valence-corrected chi connectivity index (χ0v) is 17.7. The molecule has 0 bridgehead atoms. The van der Waals surface area contributed by atoms with Crippen LogP contribution in [0.25, 0.3) is 5.69 Å². The summed E-state index contributed by atoms with van der Waals surface area (Å²) in [7, 11) is 0. The van der Waals surface area contributed by atoms with Gasteiger partial charge in [0.15, 0.2) is 11.9 Å². The Balaban J connectivity index is 1.64. The fourth-order valence-electron chi connectivity index (χ4n) is 3.57. The number of hydrogen-bond donors (Lipinski definition) is 0. The second-order valence-corrected chi connectivity index (χ2v) is 7.71. The van der Waals surface area contributed by atoms with Crippen molar-refractivity contribution in [1.29, 1.82) is 5.26 Å². The van der Waals surface area contributed by atoms with Gasteiger partial charge in [0.05, 0.1) is 16.9 Å². The number of carbonyl (C=O) groups is 1. The number of aromatic nitrogens is 2. The van der Waals surface area contributed by atoms with Crippen molar-refractivity contribution in [2.75, 3.05) is 6.54 Å². The van der Waals surface area contributed by atoms with E-state index in [0.717, 1.165) is 19.1 Å². The predicted molar refractivity (Wildman–Crippen MR) is 109 cm³/mol. The van der Waals surface area contributed by atoms with Crippen molar-refractivity contribution in [2.24, 2.45) is 0 Å². The van der Waals surface area contributed by atoms with E-state index in [1.54, 1.807) is 12.3 Å². The fourth-order valence-corrected chi connectivity index (χ4v) is 3.57. The first kappa shape index (κ1) is 23.2. The molecule has 4 rings (SSSR count). The summed E-state index contributed by atoms with van der Waals surface area (Å²) in [4.78, 5) is 14.5. The maximum Gasteiger partial charge on any atom is 0.425 e. The summed E-state index contributed by atoms with van der Waals surface area (Å²) < 4.78 is 73.6. The summed E-state index contributed by atoms with van der Waals surface area (Å²) in [6.07, 6.45) is -5.08. The SMILES string of the molecule is CC(Oc1ccc(C#N)c(F)c1C(=O)N1CCc2nn(-c3ccc(F)cc3)cc2C1)C(F)(F)F. The highest BCUT2D eigenvalue weighted by Gasteiger charge is 2.39.